The van der Waals surface area contributed by atoms with E-state index < -0.39 is 5.60 Å². The zero-order valence-corrected chi connectivity index (χ0v) is 24.1. The van der Waals surface area contributed by atoms with Gasteiger partial charge in [0, 0.05) is 24.1 Å². The summed E-state index contributed by atoms with van der Waals surface area (Å²) in [4.78, 5) is 18.0. The molecule has 3 fully saturated rings. The number of carbonyl (C=O) groups excluding carboxylic acids is 1. The van der Waals surface area contributed by atoms with E-state index in [1.54, 1.807) is 13.3 Å². The molecule has 212 valence electrons. The van der Waals surface area contributed by atoms with Crippen molar-refractivity contribution in [1.82, 2.24) is 10.6 Å². The van der Waals surface area contributed by atoms with Gasteiger partial charge < -0.3 is 20.5 Å². The molecule has 0 spiro atoms. The summed E-state index contributed by atoms with van der Waals surface area (Å²) in [7, 11) is 0. The van der Waals surface area contributed by atoms with Crippen LogP contribution in [0.2, 0.25) is 0 Å². The van der Waals surface area contributed by atoms with Gasteiger partial charge in [0.2, 0.25) is 5.91 Å². The van der Waals surface area contributed by atoms with Crippen molar-refractivity contribution in [3.05, 3.63) is 23.6 Å². The number of amides is 1. The third-order valence-corrected chi connectivity index (χ3v) is 10.5. The van der Waals surface area contributed by atoms with E-state index in [9.17, 15) is 9.90 Å². The molecule has 0 bridgehead atoms. The van der Waals surface area contributed by atoms with Crippen LogP contribution in [0.5, 0.6) is 0 Å². The Hall–Kier alpha value is -1.82. The van der Waals surface area contributed by atoms with E-state index >= 15 is 0 Å². The van der Waals surface area contributed by atoms with Gasteiger partial charge in [0.1, 0.15) is 23.5 Å². The molecule has 5 aliphatic rings. The van der Waals surface area contributed by atoms with Crippen LogP contribution >= 0.6 is 0 Å². The first kappa shape index (κ1) is 27.7. The molecule has 0 aromatic heterocycles. The highest BCUT2D eigenvalue weighted by Gasteiger charge is 2.45. The van der Waals surface area contributed by atoms with Crippen molar-refractivity contribution >= 4 is 12.2 Å². The summed E-state index contributed by atoms with van der Waals surface area (Å²) in [6.07, 6.45) is 19.7. The Bertz CT molecular complexity index is 934. The minimum absolute atomic E-state index is 0.103. The lowest BCUT2D eigenvalue weighted by atomic mass is 9.67. The molecule has 6 nitrogen and oxygen atoms in total. The average molecular weight is 526 g/mol. The lowest BCUT2D eigenvalue weighted by Gasteiger charge is -2.43. The maximum Gasteiger partial charge on any atom is 0.220 e. The minimum Gasteiger partial charge on any atom is -0.491 e. The Kier molecular flexibility index (Phi) is 8.57. The van der Waals surface area contributed by atoms with Crippen molar-refractivity contribution in [1.29, 1.82) is 0 Å². The molecule has 0 radical (unpaired) electrons. The fourth-order valence-electron chi connectivity index (χ4n) is 8.26. The molecule has 5 rings (SSSR count). The largest absolute Gasteiger partial charge is 0.491 e. The predicted octanol–water partition coefficient (Wildman–Crippen LogP) is 5.87. The zero-order valence-electron chi connectivity index (χ0n) is 24.1. The molecule has 2 heterocycles. The van der Waals surface area contributed by atoms with E-state index in [0.29, 0.717) is 41.9 Å². The second kappa shape index (κ2) is 11.7. The van der Waals surface area contributed by atoms with Crippen molar-refractivity contribution in [2.24, 2.45) is 40.5 Å². The van der Waals surface area contributed by atoms with E-state index in [4.69, 9.17) is 4.74 Å². The summed E-state index contributed by atoms with van der Waals surface area (Å²) in [5, 5.41) is 18.1. The highest BCUT2D eigenvalue weighted by Crippen LogP contribution is 2.44. The number of fused-ring (bicyclic) bond motifs is 1. The Morgan fingerprint density at radius 2 is 1.92 bits per heavy atom. The number of ether oxygens (including phenoxy) is 1. The molecule has 3 saturated carbocycles. The van der Waals surface area contributed by atoms with Crippen LogP contribution in [0.1, 0.15) is 105 Å². The van der Waals surface area contributed by atoms with Gasteiger partial charge in [-0.15, -0.1) is 0 Å². The Morgan fingerprint density at radius 3 is 2.66 bits per heavy atom. The lowest BCUT2D eigenvalue weighted by molar-refractivity contribution is -0.124. The number of hydrogen-bond acceptors (Lipinski definition) is 5. The first-order chi connectivity index (χ1) is 18.2. The van der Waals surface area contributed by atoms with Gasteiger partial charge in [-0.05, 0) is 101 Å². The van der Waals surface area contributed by atoms with Gasteiger partial charge >= 0.3 is 0 Å². The summed E-state index contributed by atoms with van der Waals surface area (Å²) >= 11 is 0. The number of rotatable bonds is 7. The monoisotopic (exact) mass is 525 g/mol. The topological polar surface area (TPSA) is 83.0 Å². The number of allylic oxidation sites excluding steroid dienone is 1. The van der Waals surface area contributed by atoms with E-state index in [-0.39, 0.29) is 24.0 Å². The van der Waals surface area contributed by atoms with Crippen LogP contribution in [-0.4, -0.2) is 41.1 Å². The molecule has 0 saturated heterocycles. The van der Waals surface area contributed by atoms with E-state index in [1.807, 2.05) is 13.0 Å². The number of nitrogens with one attached hydrogen (secondary N) is 2. The molecule has 9 atom stereocenters. The highest BCUT2D eigenvalue weighted by molar-refractivity contribution is 5.76. The summed E-state index contributed by atoms with van der Waals surface area (Å²) in [5.74, 6) is 4.31. The van der Waals surface area contributed by atoms with E-state index in [0.717, 1.165) is 30.9 Å². The molecule has 6 heteroatoms. The van der Waals surface area contributed by atoms with Crippen molar-refractivity contribution in [2.75, 3.05) is 0 Å². The molecule has 3 N–H and O–H groups in total. The second-order valence-corrected chi connectivity index (χ2v) is 13.6. The number of aliphatic imine (C=N–C) groups is 1. The molecule has 38 heavy (non-hydrogen) atoms. The van der Waals surface area contributed by atoms with Crippen LogP contribution < -0.4 is 10.6 Å². The molecule has 2 aliphatic heterocycles. The summed E-state index contributed by atoms with van der Waals surface area (Å²) in [5.41, 5.74) is -0.193. The number of hydrogen-bond donors (Lipinski definition) is 3. The van der Waals surface area contributed by atoms with Crippen LogP contribution in [0.3, 0.4) is 0 Å². The SMILES string of the molecule is CC1=CC(C(C)(O)C2=CC3CC(CC(=O)NC(C4CCCCC4)C4CCC(C)CC4C)CCC3O2)N=CN1. The third kappa shape index (κ3) is 6.16. The van der Waals surface area contributed by atoms with Gasteiger partial charge in [0.05, 0.1) is 6.34 Å². The molecule has 0 aromatic rings. The standard InChI is InChI=1S/C32H51N3O3/c1-20-10-12-26(21(2)14-20)31(24-8-6-5-7-9-24)35-30(36)17-23-11-13-27-25(16-23)18-29(38-27)32(4,37)28-15-22(3)33-19-34-28/h15,18-21,23-28,31,37H,5-14,16-17H2,1-4H3,(H,33,34)(H,35,36). The fraction of sp³-hybridized carbons (Fsp3) is 0.812. The molecular formula is C32H51N3O3. The predicted molar refractivity (Wildman–Crippen MR) is 152 cm³/mol. The fourth-order valence-corrected chi connectivity index (χ4v) is 8.26. The van der Waals surface area contributed by atoms with Crippen molar-refractivity contribution in [3.63, 3.8) is 0 Å². The van der Waals surface area contributed by atoms with Crippen LogP contribution in [0.15, 0.2) is 28.6 Å². The van der Waals surface area contributed by atoms with Crippen molar-refractivity contribution < 1.29 is 14.6 Å². The third-order valence-electron chi connectivity index (χ3n) is 10.5. The second-order valence-electron chi connectivity index (χ2n) is 13.6. The van der Waals surface area contributed by atoms with Crippen LogP contribution in [0.25, 0.3) is 0 Å². The molecule has 9 unspecified atom stereocenters. The van der Waals surface area contributed by atoms with Crippen LogP contribution in [0, 0.1) is 35.5 Å². The van der Waals surface area contributed by atoms with Gasteiger partial charge in [-0.1, -0.05) is 39.5 Å². The van der Waals surface area contributed by atoms with Crippen LogP contribution in [-0.2, 0) is 9.53 Å². The number of carbonyl (C=O) groups is 1. The highest BCUT2D eigenvalue weighted by atomic mass is 16.5. The summed E-state index contributed by atoms with van der Waals surface area (Å²) in [6, 6.07) is -0.0151. The summed E-state index contributed by atoms with van der Waals surface area (Å²) < 4.78 is 6.30. The van der Waals surface area contributed by atoms with Gasteiger partial charge in [-0.2, -0.15) is 0 Å². The summed E-state index contributed by atoms with van der Waals surface area (Å²) in [6.45, 7) is 8.59. The van der Waals surface area contributed by atoms with Crippen LogP contribution in [0.4, 0.5) is 0 Å². The Morgan fingerprint density at radius 1 is 1.13 bits per heavy atom. The lowest BCUT2D eigenvalue weighted by Crippen LogP contribution is -2.49. The van der Waals surface area contributed by atoms with Gasteiger partial charge in [0.15, 0.2) is 0 Å². The maximum absolute atomic E-state index is 13.5. The van der Waals surface area contributed by atoms with E-state index in [1.165, 1.54) is 51.4 Å². The average Bonchev–Trinajstić information content (AvgIpc) is 3.33. The Labute approximate surface area is 230 Å². The van der Waals surface area contributed by atoms with Gasteiger partial charge in [-0.25, -0.2) is 0 Å². The number of aliphatic hydroxyl groups is 1. The maximum atomic E-state index is 13.5. The quantitative estimate of drug-likeness (QED) is 0.388. The zero-order chi connectivity index (χ0) is 26.9. The first-order valence-electron chi connectivity index (χ1n) is 15.6. The van der Waals surface area contributed by atoms with Gasteiger partial charge in [0.25, 0.3) is 0 Å². The first-order valence-corrected chi connectivity index (χ1v) is 15.6. The Balaban J connectivity index is 1.20. The van der Waals surface area contributed by atoms with Gasteiger partial charge in [-0.3, -0.25) is 9.79 Å². The molecule has 3 aliphatic carbocycles. The molecular weight excluding hydrogens is 474 g/mol. The molecule has 0 aromatic carbocycles. The van der Waals surface area contributed by atoms with Crippen molar-refractivity contribution in [2.45, 2.75) is 129 Å². The van der Waals surface area contributed by atoms with Crippen molar-refractivity contribution in [3.8, 4) is 0 Å². The number of nitrogens with zero attached hydrogens (tertiary/aromatic N) is 1. The van der Waals surface area contributed by atoms with E-state index in [2.05, 4.69) is 35.5 Å². The molecule has 1 amide bonds. The minimum atomic E-state index is -1.18. The normalized spacial score (nSPS) is 38.1. The smallest absolute Gasteiger partial charge is 0.220 e.